The lowest BCUT2D eigenvalue weighted by Crippen LogP contribution is -2.44. The number of rotatable bonds is 6. The summed E-state index contributed by atoms with van der Waals surface area (Å²) in [4.78, 5) is 31.3. The number of carbonyl (C=O) groups is 2. The smallest absolute Gasteiger partial charge is 0.267 e. The molecule has 0 spiro atoms. The van der Waals surface area contributed by atoms with Gasteiger partial charge in [0, 0.05) is 12.1 Å². The molecule has 1 aliphatic carbocycles. The number of aromatic nitrogens is 2. The third kappa shape index (κ3) is 5.62. The van der Waals surface area contributed by atoms with Crippen LogP contribution in [0.2, 0.25) is 0 Å². The average molecular weight is 333 g/mol. The average Bonchev–Trinajstić information content (AvgIpc) is 2.61. The number of amides is 2. The van der Waals surface area contributed by atoms with Crippen LogP contribution in [0.4, 0.5) is 5.82 Å². The summed E-state index contributed by atoms with van der Waals surface area (Å²) in [6, 6.07) is -0.144. The lowest BCUT2D eigenvalue weighted by molar-refractivity contribution is -0.124. The van der Waals surface area contributed by atoms with E-state index in [0.717, 1.165) is 18.9 Å². The molecule has 0 saturated heterocycles. The highest BCUT2D eigenvalue weighted by molar-refractivity contribution is 5.90. The van der Waals surface area contributed by atoms with Crippen LogP contribution in [0.25, 0.3) is 6.08 Å². The number of hydrogen-bond acceptors (Lipinski definition) is 6. The molecule has 2 amide bonds. The summed E-state index contributed by atoms with van der Waals surface area (Å²) in [6.07, 6.45) is 11.2. The Labute approximate surface area is 140 Å². The van der Waals surface area contributed by atoms with Gasteiger partial charge in [-0.3, -0.25) is 19.8 Å². The van der Waals surface area contributed by atoms with Crippen LogP contribution >= 0.6 is 0 Å². The molecule has 1 aliphatic rings. The molecule has 0 bridgehead atoms. The summed E-state index contributed by atoms with van der Waals surface area (Å²) in [5.41, 5.74) is 1.95. The predicted octanol–water partition coefficient (Wildman–Crippen LogP) is 1.24. The molecular formula is C16H23N5O3. The highest BCUT2D eigenvalue weighted by Crippen LogP contribution is 2.17. The van der Waals surface area contributed by atoms with E-state index in [1.165, 1.54) is 43.2 Å². The summed E-state index contributed by atoms with van der Waals surface area (Å²) < 4.78 is 0. The molecule has 2 rings (SSSR count). The molecule has 1 aromatic rings. The second kappa shape index (κ2) is 8.97. The van der Waals surface area contributed by atoms with E-state index in [1.807, 2.05) is 0 Å². The zero-order valence-electron chi connectivity index (χ0n) is 13.7. The van der Waals surface area contributed by atoms with Gasteiger partial charge >= 0.3 is 0 Å². The first-order valence-electron chi connectivity index (χ1n) is 8.09. The molecule has 1 aromatic heterocycles. The highest BCUT2D eigenvalue weighted by atomic mass is 16.5. The molecule has 4 N–H and O–H groups in total. The predicted molar refractivity (Wildman–Crippen MR) is 89.1 cm³/mol. The van der Waals surface area contributed by atoms with Crippen LogP contribution in [0, 0.1) is 0 Å². The lowest BCUT2D eigenvalue weighted by atomic mass is 9.95. The Bertz CT molecular complexity index is 582. The largest absolute Gasteiger partial charge is 0.357 e. The molecular weight excluding hydrogens is 310 g/mol. The minimum Gasteiger partial charge on any atom is -0.357 e. The summed E-state index contributed by atoms with van der Waals surface area (Å²) in [6.45, 7) is 1.78. The molecule has 1 saturated carbocycles. The molecule has 0 aliphatic heterocycles. The van der Waals surface area contributed by atoms with Crippen molar-refractivity contribution >= 4 is 23.7 Å². The molecule has 1 fully saturated rings. The molecule has 0 radical (unpaired) electrons. The summed E-state index contributed by atoms with van der Waals surface area (Å²) in [5, 5.41) is 14.5. The second-order valence-corrected chi connectivity index (χ2v) is 5.85. The van der Waals surface area contributed by atoms with E-state index in [4.69, 9.17) is 5.21 Å². The number of hydroxylamine groups is 1. The Balaban J connectivity index is 1.84. The van der Waals surface area contributed by atoms with Crippen LogP contribution in [-0.2, 0) is 9.59 Å². The van der Waals surface area contributed by atoms with Crippen molar-refractivity contribution in [1.29, 1.82) is 0 Å². The molecule has 8 heteroatoms. The van der Waals surface area contributed by atoms with Crippen molar-refractivity contribution in [3.05, 3.63) is 24.2 Å². The van der Waals surface area contributed by atoms with Gasteiger partial charge in [0.2, 0.25) is 5.91 Å². The zero-order valence-corrected chi connectivity index (χ0v) is 13.7. The molecule has 130 valence electrons. The minimum atomic E-state index is -0.646. The van der Waals surface area contributed by atoms with E-state index in [0.29, 0.717) is 11.5 Å². The number of hydrogen-bond donors (Lipinski definition) is 4. The monoisotopic (exact) mass is 333 g/mol. The van der Waals surface area contributed by atoms with Gasteiger partial charge in [0.25, 0.3) is 5.91 Å². The first kappa shape index (κ1) is 17.9. The first-order valence-corrected chi connectivity index (χ1v) is 8.09. The van der Waals surface area contributed by atoms with Crippen LogP contribution in [0.1, 0.15) is 44.7 Å². The quantitative estimate of drug-likeness (QED) is 0.354. The van der Waals surface area contributed by atoms with Crippen molar-refractivity contribution in [1.82, 2.24) is 20.8 Å². The maximum absolute atomic E-state index is 12.2. The number of carbonyl (C=O) groups excluding carboxylic acids is 2. The van der Waals surface area contributed by atoms with Crippen molar-refractivity contribution in [2.45, 2.75) is 51.1 Å². The number of nitrogens with zero attached hydrogens (tertiary/aromatic N) is 2. The van der Waals surface area contributed by atoms with Gasteiger partial charge in [0.15, 0.2) is 0 Å². The Morgan fingerprint density at radius 1 is 1.25 bits per heavy atom. The van der Waals surface area contributed by atoms with Crippen LogP contribution in [0.3, 0.4) is 0 Å². The van der Waals surface area contributed by atoms with Gasteiger partial charge in [-0.25, -0.2) is 10.5 Å². The maximum Gasteiger partial charge on any atom is 0.267 e. The molecule has 1 atom stereocenters. The van der Waals surface area contributed by atoms with Gasteiger partial charge in [-0.2, -0.15) is 0 Å². The Morgan fingerprint density at radius 2 is 2.00 bits per heavy atom. The van der Waals surface area contributed by atoms with E-state index in [9.17, 15) is 9.59 Å². The number of anilines is 1. The van der Waals surface area contributed by atoms with Crippen LogP contribution in [0.15, 0.2) is 18.5 Å². The summed E-state index contributed by atoms with van der Waals surface area (Å²) in [5.74, 6) is -0.218. The second-order valence-electron chi connectivity index (χ2n) is 5.85. The molecule has 0 aromatic carbocycles. The zero-order chi connectivity index (χ0) is 17.4. The lowest BCUT2D eigenvalue weighted by Gasteiger charge is -2.24. The van der Waals surface area contributed by atoms with Gasteiger partial charge in [-0.1, -0.05) is 19.3 Å². The van der Waals surface area contributed by atoms with Crippen molar-refractivity contribution in [3.63, 3.8) is 0 Å². The highest BCUT2D eigenvalue weighted by Gasteiger charge is 2.19. The van der Waals surface area contributed by atoms with Crippen molar-refractivity contribution < 1.29 is 14.8 Å². The topological polar surface area (TPSA) is 116 Å². The molecule has 8 nitrogen and oxygen atoms in total. The minimum absolute atomic E-state index is 0.0488. The molecule has 0 unspecified atom stereocenters. The van der Waals surface area contributed by atoms with Gasteiger partial charge in [0.1, 0.15) is 11.9 Å². The van der Waals surface area contributed by atoms with Crippen LogP contribution in [-0.4, -0.2) is 39.1 Å². The van der Waals surface area contributed by atoms with E-state index in [-0.39, 0.29) is 11.9 Å². The van der Waals surface area contributed by atoms with Gasteiger partial charge in [-0.15, -0.1) is 0 Å². The number of nitrogens with one attached hydrogen (secondary N) is 3. The fourth-order valence-electron chi connectivity index (χ4n) is 2.56. The Hall–Kier alpha value is -2.48. The van der Waals surface area contributed by atoms with E-state index < -0.39 is 11.9 Å². The third-order valence-electron chi connectivity index (χ3n) is 3.90. The fraction of sp³-hybridized carbons (Fsp3) is 0.500. The van der Waals surface area contributed by atoms with Gasteiger partial charge < -0.3 is 10.6 Å². The summed E-state index contributed by atoms with van der Waals surface area (Å²) >= 11 is 0. The van der Waals surface area contributed by atoms with E-state index in [2.05, 4.69) is 20.6 Å². The first-order chi connectivity index (χ1) is 11.6. The van der Waals surface area contributed by atoms with Crippen LogP contribution in [0.5, 0.6) is 0 Å². The van der Waals surface area contributed by atoms with E-state index in [1.54, 1.807) is 6.92 Å². The molecule has 1 heterocycles. The third-order valence-corrected chi connectivity index (χ3v) is 3.90. The standard InChI is InChI=1S/C16H23N5O3/c1-11(16(23)20-12-5-3-2-4-6-12)19-14-10-17-13(9-18-14)7-8-15(22)21-24/h7-12,24H,2-6H2,1H3,(H,18,19)(H,20,23)(H,21,22)/b8-7+/t11-/m1/s1. The normalized spacial score (nSPS) is 16.6. The van der Waals surface area contributed by atoms with E-state index >= 15 is 0 Å². The van der Waals surface area contributed by atoms with Gasteiger partial charge in [-0.05, 0) is 25.8 Å². The maximum atomic E-state index is 12.2. The van der Waals surface area contributed by atoms with Crippen molar-refractivity contribution in [3.8, 4) is 0 Å². The summed E-state index contributed by atoms with van der Waals surface area (Å²) in [7, 11) is 0. The Kier molecular flexibility index (Phi) is 6.68. The van der Waals surface area contributed by atoms with Gasteiger partial charge in [0.05, 0.1) is 18.1 Å². The van der Waals surface area contributed by atoms with Crippen molar-refractivity contribution in [2.75, 3.05) is 5.32 Å². The molecule has 24 heavy (non-hydrogen) atoms. The fourth-order valence-corrected chi connectivity index (χ4v) is 2.56. The Morgan fingerprint density at radius 3 is 2.62 bits per heavy atom. The van der Waals surface area contributed by atoms with Crippen LogP contribution < -0.4 is 16.1 Å². The van der Waals surface area contributed by atoms with Crippen molar-refractivity contribution in [2.24, 2.45) is 0 Å². The SMILES string of the molecule is C[C@@H](Nc1cnc(/C=C/C(=O)NO)cn1)C(=O)NC1CCCCC1.